The van der Waals surface area contributed by atoms with Gasteiger partial charge in [0.05, 0.1) is 6.21 Å². The van der Waals surface area contributed by atoms with Crippen LogP contribution in [0.2, 0.25) is 0 Å². The molecule has 6 heteroatoms. The van der Waals surface area contributed by atoms with Crippen LogP contribution in [0.1, 0.15) is 22.3 Å². The van der Waals surface area contributed by atoms with Crippen molar-refractivity contribution < 1.29 is 9.50 Å². The first-order valence-electron chi connectivity index (χ1n) is 7.07. The van der Waals surface area contributed by atoms with Gasteiger partial charge in [0.15, 0.2) is 5.11 Å². The average Bonchev–Trinajstić information content (AvgIpc) is 2.52. The molecule has 3 N–H and O–H groups in total. The van der Waals surface area contributed by atoms with Crippen molar-refractivity contribution in [3.63, 3.8) is 0 Å². The molecule has 0 heterocycles. The number of nitrogens with zero attached hydrogens (tertiary/aromatic N) is 1. The Morgan fingerprint density at radius 2 is 1.83 bits per heavy atom. The first-order chi connectivity index (χ1) is 11.0. The van der Waals surface area contributed by atoms with E-state index in [1.54, 1.807) is 18.3 Å². The van der Waals surface area contributed by atoms with Crippen molar-refractivity contribution in [2.75, 3.05) is 0 Å². The molecule has 120 valence electrons. The predicted octanol–water partition coefficient (Wildman–Crippen LogP) is 3.15. The van der Waals surface area contributed by atoms with Crippen molar-refractivity contribution >= 4 is 23.5 Å². The van der Waals surface area contributed by atoms with Crippen LogP contribution in [-0.4, -0.2) is 16.4 Å². The van der Waals surface area contributed by atoms with E-state index in [1.165, 1.54) is 12.1 Å². The van der Waals surface area contributed by atoms with E-state index in [2.05, 4.69) is 15.8 Å². The lowest BCUT2D eigenvalue weighted by atomic mass is 10.1. The van der Waals surface area contributed by atoms with Crippen LogP contribution in [0.5, 0.6) is 5.75 Å². The quantitative estimate of drug-likeness (QED) is 0.458. The molecule has 0 aliphatic rings. The minimum atomic E-state index is -0.265. The van der Waals surface area contributed by atoms with E-state index in [1.807, 2.05) is 26.0 Å². The largest absolute Gasteiger partial charge is 0.507 e. The lowest BCUT2D eigenvalue weighted by Crippen LogP contribution is -2.31. The van der Waals surface area contributed by atoms with Gasteiger partial charge in [-0.1, -0.05) is 12.1 Å². The third-order valence-electron chi connectivity index (χ3n) is 3.26. The number of thiocarbonyl (C=S) groups is 1. The van der Waals surface area contributed by atoms with Gasteiger partial charge in [-0.25, -0.2) is 4.39 Å². The monoisotopic (exact) mass is 331 g/mol. The molecule has 0 fully saturated rings. The highest BCUT2D eigenvalue weighted by atomic mass is 32.1. The summed E-state index contributed by atoms with van der Waals surface area (Å²) < 4.78 is 12.8. The summed E-state index contributed by atoms with van der Waals surface area (Å²) in [6, 6.07) is 9.86. The molecule has 0 saturated heterocycles. The number of hydrogen-bond donors (Lipinski definition) is 3. The Hall–Kier alpha value is -2.47. The lowest BCUT2D eigenvalue weighted by molar-refractivity contribution is 0.467. The summed E-state index contributed by atoms with van der Waals surface area (Å²) in [6.07, 6.45) is 1.63. The number of aryl methyl sites for hydroxylation is 2. The zero-order chi connectivity index (χ0) is 16.8. The zero-order valence-electron chi connectivity index (χ0n) is 12.9. The second-order valence-corrected chi connectivity index (χ2v) is 5.59. The van der Waals surface area contributed by atoms with Crippen molar-refractivity contribution in [3.05, 3.63) is 64.5 Å². The molecule has 0 radical (unpaired) electrons. The maximum Gasteiger partial charge on any atom is 0.187 e. The molecule has 0 aliphatic carbocycles. The third-order valence-corrected chi connectivity index (χ3v) is 3.50. The van der Waals surface area contributed by atoms with Crippen molar-refractivity contribution in [1.82, 2.24) is 10.7 Å². The summed E-state index contributed by atoms with van der Waals surface area (Å²) >= 11 is 5.12. The second-order valence-electron chi connectivity index (χ2n) is 5.18. The van der Waals surface area contributed by atoms with Crippen LogP contribution in [0.3, 0.4) is 0 Å². The first-order valence-corrected chi connectivity index (χ1v) is 7.48. The number of hydrogen-bond acceptors (Lipinski definition) is 3. The molecular formula is C17H18FN3OS. The third kappa shape index (κ3) is 5.03. The Labute approximate surface area is 140 Å². The van der Waals surface area contributed by atoms with E-state index in [0.29, 0.717) is 17.4 Å². The van der Waals surface area contributed by atoms with Gasteiger partial charge < -0.3 is 10.4 Å². The number of phenolic OH excluding ortho intramolecular Hbond substituents is 1. The number of nitrogens with one attached hydrogen (secondary N) is 2. The Kier molecular flexibility index (Phi) is 5.65. The van der Waals surface area contributed by atoms with Gasteiger partial charge in [-0.3, -0.25) is 5.43 Å². The van der Waals surface area contributed by atoms with Crippen molar-refractivity contribution in [3.8, 4) is 5.75 Å². The van der Waals surface area contributed by atoms with E-state index >= 15 is 0 Å². The van der Waals surface area contributed by atoms with Crippen LogP contribution in [0, 0.1) is 19.7 Å². The van der Waals surface area contributed by atoms with Crippen LogP contribution in [0.4, 0.5) is 4.39 Å². The van der Waals surface area contributed by atoms with Crippen molar-refractivity contribution in [1.29, 1.82) is 0 Å². The van der Waals surface area contributed by atoms with Crippen LogP contribution in [-0.2, 0) is 6.54 Å². The summed E-state index contributed by atoms with van der Waals surface area (Å²) in [5, 5.41) is 17.1. The Morgan fingerprint density at radius 1 is 1.22 bits per heavy atom. The molecule has 2 rings (SSSR count). The molecule has 2 aromatic carbocycles. The number of rotatable bonds is 4. The molecule has 23 heavy (non-hydrogen) atoms. The molecular weight excluding hydrogens is 313 g/mol. The maximum atomic E-state index is 12.8. The van der Waals surface area contributed by atoms with Crippen LogP contribution in [0.25, 0.3) is 0 Å². The van der Waals surface area contributed by atoms with E-state index in [4.69, 9.17) is 12.2 Å². The summed E-state index contributed by atoms with van der Waals surface area (Å²) in [5.41, 5.74) is 6.10. The molecule has 0 amide bonds. The lowest BCUT2D eigenvalue weighted by Gasteiger charge is -2.07. The summed E-state index contributed by atoms with van der Waals surface area (Å²) in [6.45, 7) is 4.16. The van der Waals surface area contributed by atoms with Gasteiger partial charge in [0.2, 0.25) is 0 Å². The van der Waals surface area contributed by atoms with Crippen LogP contribution >= 0.6 is 12.2 Å². The molecule has 0 spiro atoms. The van der Waals surface area contributed by atoms with Crippen LogP contribution in [0.15, 0.2) is 41.5 Å². The van der Waals surface area contributed by atoms with Gasteiger partial charge in [0, 0.05) is 6.54 Å². The van der Waals surface area contributed by atoms with E-state index < -0.39 is 0 Å². The molecule has 0 atom stereocenters. The molecule has 4 nitrogen and oxygen atoms in total. The highest BCUT2D eigenvalue weighted by Crippen LogP contribution is 2.21. The fourth-order valence-corrected chi connectivity index (χ4v) is 2.18. The number of hydrazone groups is 1. The van der Waals surface area contributed by atoms with Gasteiger partial charge in [-0.2, -0.15) is 5.10 Å². The zero-order valence-corrected chi connectivity index (χ0v) is 13.7. The van der Waals surface area contributed by atoms with E-state index in [9.17, 15) is 9.50 Å². The number of benzene rings is 2. The number of phenols is 1. The molecule has 0 aliphatic heterocycles. The number of halogens is 1. The average molecular weight is 331 g/mol. The fourth-order valence-electron chi connectivity index (χ4n) is 2.05. The van der Waals surface area contributed by atoms with E-state index in [-0.39, 0.29) is 5.82 Å². The van der Waals surface area contributed by atoms with Gasteiger partial charge in [-0.15, -0.1) is 0 Å². The Bertz CT molecular complexity index is 706. The predicted molar refractivity (Wildman–Crippen MR) is 94.1 cm³/mol. The fraction of sp³-hybridized carbons (Fsp3) is 0.176. The molecule has 0 bridgehead atoms. The SMILES string of the molecule is Cc1cc(/C=N/NC(=S)NCc2ccc(F)cc2)cc(C)c1O. The Morgan fingerprint density at radius 3 is 2.43 bits per heavy atom. The highest BCUT2D eigenvalue weighted by Gasteiger charge is 2.01. The summed E-state index contributed by atoms with van der Waals surface area (Å²) in [5.74, 6) is 0.0325. The molecule has 0 unspecified atom stereocenters. The van der Waals surface area contributed by atoms with E-state index in [0.717, 1.165) is 22.3 Å². The minimum absolute atomic E-state index is 0.265. The molecule has 0 saturated carbocycles. The normalized spacial score (nSPS) is 10.7. The van der Waals surface area contributed by atoms with Gasteiger partial charge in [0.25, 0.3) is 0 Å². The number of aromatic hydroxyl groups is 1. The maximum absolute atomic E-state index is 12.8. The first kappa shape index (κ1) is 16.9. The molecule has 2 aromatic rings. The highest BCUT2D eigenvalue weighted by molar-refractivity contribution is 7.80. The van der Waals surface area contributed by atoms with Gasteiger partial charge in [-0.05, 0) is 72.6 Å². The topological polar surface area (TPSA) is 56.7 Å². The minimum Gasteiger partial charge on any atom is -0.507 e. The standard InChI is InChI=1S/C17H18FN3OS/c1-11-7-14(8-12(2)16(11)22)10-20-21-17(23)19-9-13-3-5-15(18)6-4-13/h3-8,10,22H,9H2,1-2H3,(H2,19,21,23)/b20-10+. The van der Waals surface area contributed by atoms with Crippen molar-refractivity contribution in [2.45, 2.75) is 20.4 Å². The summed E-state index contributed by atoms with van der Waals surface area (Å²) in [4.78, 5) is 0. The Balaban J connectivity index is 1.85. The van der Waals surface area contributed by atoms with Gasteiger partial charge in [0.1, 0.15) is 11.6 Å². The van der Waals surface area contributed by atoms with Crippen LogP contribution < -0.4 is 10.7 Å². The summed E-state index contributed by atoms with van der Waals surface area (Å²) in [7, 11) is 0. The van der Waals surface area contributed by atoms with Crippen molar-refractivity contribution in [2.24, 2.45) is 5.10 Å². The smallest absolute Gasteiger partial charge is 0.187 e. The second kappa shape index (κ2) is 7.69. The molecule has 0 aromatic heterocycles. The van der Waals surface area contributed by atoms with Gasteiger partial charge >= 0.3 is 0 Å².